The van der Waals surface area contributed by atoms with Crippen LogP contribution in [0.25, 0.3) is 27.8 Å². The number of rotatable bonds is 7. The Hall–Kier alpha value is -3.85. The number of aliphatic hydroxyl groups excluding tert-OH is 1. The van der Waals surface area contributed by atoms with Gasteiger partial charge in [-0.3, -0.25) is 4.79 Å². The third kappa shape index (κ3) is 4.47. The lowest BCUT2D eigenvalue weighted by Gasteiger charge is -2.42. The number of hydrogen-bond donors (Lipinski definition) is 2. The van der Waals surface area contributed by atoms with E-state index in [9.17, 15) is 19.8 Å². The third-order valence-corrected chi connectivity index (χ3v) is 9.41. The summed E-state index contributed by atoms with van der Waals surface area (Å²) in [7, 11) is 1.55. The van der Waals surface area contributed by atoms with Gasteiger partial charge in [0.15, 0.2) is 0 Å². The molecule has 4 heterocycles. The molecule has 1 aromatic carbocycles. The number of nitrogens with zero attached hydrogens (tertiary/aromatic N) is 4. The first kappa shape index (κ1) is 26.1. The van der Waals surface area contributed by atoms with Gasteiger partial charge >= 0.3 is 5.97 Å². The molecule has 1 amide bonds. The van der Waals surface area contributed by atoms with Gasteiger partial charge in [-0.25, -0.2) is 9.31 Å². The highest BCUT2D eigenvalue weighted by atomic mass is 16.5. The molecule has 0 unspecified atom stereocenters. The number of ether oxygens (including phenoxy) is 1. The van der Waals surface area contributed by atoms with E-state index in [1.54, 1.807) is 23.9 Å². The van der Waals surface area contributed by atoms with Crippen molar-refractivity contribution in [2.24, 2.45) is 11.8 Å². The Labute approximate surface area is 238 Å². The molecular formula is C32H36N4O5. The van der Waals surface area contributed by atoms with Gasteiger partial charge in [-0.2, -0.15) is 5.10 Å². The van der Waals surface area contributed by atoms with Crippen molar-refractivity contribution < 1.29 is 24.5 Å². The summed E-state index contributed by atoms with van der Waals surface area (Å²) in [5, 5.41) is 25.5. The van der Waals surface area contributed by atoms with Gasteiger partial charge in [0.05, 0.1) is 30.0 Å². The van der Waals surface area contributed by atoms with Crippen LogP contribution in [0.3, 0.4) is 0 Å². The summed E-state index contributed by atoms with van der Waals surface area (Å²) in [5.41, 5.74) is 6.15. The van der Waals surface area contributed by atoms with Gasteiger partial charge in [-0.15, -0.1) is 0 Å². The smallest absolute Gasteiger partial charge is 0.337 e. The maximum absolute atomic E-state index is 13.2. The Balaban J connectivity index is 1.27. The van der Waals surface area contributed by atoms with E-state index in [1.807, 2.05) is 11.8 Å². The average Bonchev–Trinajstić information content (AvgIpc) is 3.60. The molecule has 2 saturated carbocycles. The third-order valence-electron chi connectivity index (χ3n) is 9.41. The fourth-order valence-electron chi connectivity index (χ4n) is 6.87. The normalized spacial score (nSPS) is 21.4. The van der Waals surface area contributed by atoms with Crippen molar-refractivity contribution in [2.75, 3.05) is 20.2 Å². The predicted molar refractivity (Wildman–Crippen MR) is 154 cm³/mol. The number of hydrogen-bond acceptors (Lipinski definition) is 5. The highest BCUT2D eigenvalue weighted by Gasteiger charge is 2.38. The molecule has 0 bridgehead atoms. The summed E-state index contributed by atoms with van der Waals surface area (Å²) in [6.07, 6.45) is 6.70. The molecule has 9 heteroatoms. The van der Waals surface area contributed by atoms with E-state index >= 15 is 0 Å². The summed E-state index contributed by atoms with van der Waals surface area (Å²) in [4.78, 5) is 26.9. The zero-order valence-electron chi connectivity index (χ0n) is 23.5. The molecule has 9 nitrogen and oxygen atoms in total. The lowest BCUT2D eigenvalue weighted by Crippen LogP contribution is -2.51. The zero-order valence-corrected chi connectivity index (χ0v) is 23.5. The minimum Gasteiger partial charge on any atom is -0.494 e. The fourth-order valence-corrected chi connectivity index (χ4v) is 6.87. The minimum absolute atomic E-state index is 0.0390. The van der Waals surface area contributed by atoms with Crippen LogP contribution in [0.5, 0.6) is 5.75 Å². The van der Waals surface area contributed by atoms with Crippen molar-refractivity contribution >= 4 is 28.3 Å². The second-order valence-corrected chi connectivity index (χ2v) is 12.2. The van der Waals surface area contributed by atoms with E-state index in [0.717, 1.165) is 73.2 Å². The average molecular weight is 557 g/mol. The van der Waals surface area contributed by atoms with E-state index in [2.05, 4.69) is 28.8 Å². The van der Waals surface area contributed by atoms with Gasteiger partial charge in [0, 0.05) is 48.6 Å². The number of para-hydroxylation sites is 1. The van der Waals surface area contributed by atoms with E-state index in [4.69, 9.17) is 9.84 Å². The Kier molecular flexibility index (Phi) is 6.30. The Morgan fingerprint density at radius 2 is 1.80 bits per heavy atom. The van der Waals surface area contributed by atoms with E-state index in [1.165, 1.54) is 23.9 Å². The predicted octanol–water partition coefficient (Wildman–Crippen LogP) is 4.86. The molecule has 1 aliphatic heterocycles. The second-order valence-electron chi connectivity index (χ2n) is 12.2. The summed E-state index contributed by atoms with van der Waals surface area (Å²) < 4.78 is 9.63. The number of aromatic nitrogens is 3. The number of carbonyl (C=O) groups excluding carboxylic acids is 1. The zero-order chi connectivity index (χ0) is 28.4. The number of aromatic carboxylic acids is 1. The van der Waals surface area contributed by atoms with Crippen molar-refractivity contribution in [1.82, 2.24) is 19.1 Å². The molecule has 7 rings (SSSR count). The molecule has 41 heavy (non-hydrogen) atoms. The molecule has 0 radical (unpaired) electrons. The minimum atomic E-state index is -1.03. The van der Waals surface area contributed by atoms with Crippen LogP contribution in [0.1, 0.15) is 65.9 Å². The molecule has 2 N–H and O–H groups in total. The maximum atomic E-state index is 13.2. The number of likely N-dealkylation sites (tertiary alicyclic amines) is 1. The van der Waals surface area contributed by atoms with E-state index in [0.29, 0.717) is 11.7 Å². The number of carbonyl (C=O) groups is 2. The molecule has 4 aromatic rings. The van der Waals surface area contributed by atoms with Gasteiger partial charge in [0.1, 0.15) is 17.0 Å². The number of aliphatic hydroxyl groups is 1. The molecule has 3 fully saturated rings. The molecule has 0 spiro atoms. The van der Waals surface area contributed by atoms with Gasteiger partial charge in [-0.1, -0.05) is 18.2 Å². The molecule has 2 aliphatic carbocycles. The van der Waals surface area contributed by atoms with Crippen LogP contribution in [0, 0.1) is 18.8 Å². The van der Waals surface area contributed by atoms with E-state index in [-0.39, 0.29) is 29.4 Å². The fraction of sp³-hybridized carbons (Fsp3) is 0.469. The van der Waals surface area contributed by atoms with Crippen molar-refractivity contribution in [3.05, 3.63) is 53.2 Å². The number of fused-ring (bicyclic) bond motifs is 2. The van der Waals surface area contributed by atoms with Crippen molar-refractivity contribution in [3.63, 3.8) is 0 Å². The largest absolute Gasteiger partial charge is 0.494 e. The van der Waals surface area contributed by atoms with Crippen LogP contribution < -0.4 is 4.74 Å². The number of carboxylic acids is 1. The highest BCUT2D eigenvalue weighted by Crippen LogP contribution is 2.42. The molecule has 0 atom stereocenters. The van der Waals surface area contributed by atoms with Crippen LogP contribution in [-0.2, 0) is 11.3 Å². The van der Waals surface area contributed by atoms with Crippen LogP contribution in [0.4, 0.5) is 0 Å². The lowest BCUT2D eigenvalue weighted by molar-refractivity contribution is -0.141. The van der Waals surface area contributed by atoms with Crippen LogP contribution >= 0.6 is 0 Å². The molecular weight excluding hydrogens is 520 g/mol. The van der Waals surface area contributed by atoms with Crippen LogP contribution in [0.2, 0.25) is 0 Å². The Bertz CT molecular complexity index is 1670. The lowest BCUT2D eigenvalue weighted by atomic mass is 9.83. The first-order chi connectivity index (χ1) is 19.8. The summed E-state index contributed by atoms with van der Waals surface area (Å²) >= 11 is 0. The highest BCUT2D eigenvalue weighted by molar-refractivity contribution is 5.93. The standard InChI is InChI=1S/C32H36N4O5/c1-18-28(33-36-17-22(32(39)40)13-27(41-2)29(18)36)26-12-21-4-3-5-25(30(21)35(26)14-19-6-7-19)23-15-34(16-23)31(38)20-8-10-24(37)11-9-20/h3-5,12-13,17,19-20,23-24,37H,6-11,14-16H2,1-2H3,(H,39,40)/t20-,24-. The monoisotopic (exact) mass is 556 g/mol. The van der Waals surface area contributed by atoms with Gasteiger partial charge in [0.25, 0.3) is 0 Å². The first-order valence-electron chi connectivity index (χ1n) is 14.7. The topological polar surface area (TPSA) is 109 Å². The molecule has 214 valence electrons. The van der Waals surface area contributed by atoms with Crippen molar-refractivity contribution in [1.29, 1.82) is 0 Å². The quantitative estimate of drug-likeness (QED) is 0.337. The summed E-state index contributed by atoms with van der Waals surface area (Å²) in [5.74, 6) is 0.642. The molecule has 3 aliphatic rings. The van der Waals surface area contributed by atoms with Gasteiger partial charge < -0.3 is 24.4 Å². The number of benzene rings is 1. The van der Waals surface area contributed by atoms with Crippen LogP contribution in [-0.4, -0.2) is 67.5 Å². The van der Waals surface area contributed by atoms with Crippen molar-refractivity contribution in [2.45, 2.75) is 64.0 Å². The number of carboxylic acid groups (broad SMARTS) is 1. The summed E-state index contributed by atoms with van der Waals surface area (Å²) in [6.45, 7) is 4.37. The van der Waals surface area contributed by atoms with Gasteiger partial charge in [0.2, 0.25) is 5.91 Å². The van der Waals surface area contributed by atoms with Crippen molar-refractivity contribution in [3.8, 4) is 17.1 Å². The van der Waals surface area contributed by atoms with Crippen LogP contribution in [0.15, 0.2) is 36.5 Å². The number of aryl methyl sites for hydroxylation is 1. The maximum Gasteiger partial charge on any atom is 0.337 e. The SMILES string of the molecule is COc1cc(C(=O)O)cn2nc(-c3cc4cccc(C5CN(C(=O)[C@H]6CC[C@H](O)CC6)C5)c4n3CC3CC3)c(C)c12. The molecule has 1 saturated heterocycles. The Morgan fingerprint density at radius 1 is 1.05 bits per heavy atom. The van der Waals surface area contributed by atoms with E-state index < -0.39 is 5.97 Å². The second kappa shape index (κ2) is 9.91. The molecule has 3 aromatic heterocycles. The summed E-state index contributed by atoms with van der Waals surface area (Å²) in [6, 6.07) is 10.2. The number of methoxy groups -OCH3 is 1. The number of pyridine rings is 1. The first-order valence-corrected chi connectivity index (χ1v) is 14.7. The number of amides is 1. The van der Waals surface area contributed by atoms with Gasteiger partial charge in [-0.05, 0) is 69.1 Å². The Morgan fingerprint density at radius 3 is 2.49 bits per heavy atom.